The van der Waals surface area contributed by atoms with Gasteiger partial charge >= 0.3 is 6.18 Å². The molecule has 35 heavy (non-hydrogen) atoms. The third-order valence-electron chi connectivity index (χ3n) is 5.85. The maximum Gasteiger partial charge on any atom is 0.416 e. The van der Waals surface area contributed by atoms with Gasteiger partial charge in [0.05, 0.1) is 30.4 Å². The molecule has 7 nitrogen and oxygen atoms in total. The van der Waals surface area contributed by atoms with E-state index in [4.69, 9.17) is 14.2 Å². The monoisotopic (exact) mass is 497 g/mol. The molecule has 1 amide bonds. The third-order valence-corrected chi connectivity index (χ3v) is 5.85. The minimum absolute atomic E-state index is 0.0171. The number of carbonyl (C=O) groups is 1. The topological polar surface area (TPSA) is 67.0 Å². The SMILES string of the molecule is CCOCCOc1ccc(C(F)(F)F)cc1C(=O)/N=c1\cc(C(C)(C)C)n(C)n1C[C@H]1CCCO1. The zero-order valence-electron chi connectivity index (χ0n) is 20.9. The van der Waals surface area contributed by atoms with Gasteiger partial charge < -0.3 is 14.2 Å². The Morgan fingerprint density at radius 3 is 2.54 bits per heavy atom. The lowest BCUT2D eigenvalue weighted by Gasteiger charge is -2.21. The van der Waals surface area contributed by atoms with Crippen molar-refractivity contribution in [1.29, 1.82) is 0 Å². The van der Waals surface area contributed by atoms with Crippen LogP contribution in [0.5, 0.6) is 5.75 Å². The van der Waals surface area contributed by atoms with E-state index >= 15 is 0 Å². The molecule has 2 heterocycles. The van der Waals surface area contributed by atoms with Crippen molar-refractivity contribution in [1.82, 2.24) is 9.36 Å². The summed E-state index contributed by atoms with van der Waals surface area (Å²) < 4.78 is 60.5. The number of benzene rings is 1. The summed E-state index contributed by atoms with van der Waals surface area (Å²) in [7, 11) is 1.88. The van der Waals surface area contributed by atoms with Crippen molar-refractivity contribution in [2.24, 2.45) is 12.0 Å². The summed E-state index contributed by atoms with van der Waals surface area (Å²) in [6.07, 6.45) is -2.77. The molecule has 0 unspecified atom stereocenters. The first-order chi connectivity index (χ1) is 16.4. The molecule has 1 aromatic carbocycles. The second-order valence-electron chi connectivity index (χ2n) is 9.55. The maximum absolute atomic E-state index is 13.4. The largest absolute Gasteiger partial charge is 0.490 e. The van der Waals surface area contributed by atoms with Crippen LogP contribution in [-0.4, -0.2) is 47.8 Å². The highest BCUT2D eigenvalue weighted by Gasteiger charge is 2.32. The van der Waals surface area contributed by atoms with Crippen LogP contribution >= 0.6 is 0 Å². The molecule has 194 valence electrons. The molecule has 0 spiro atoms. The fraction of sp³-hybridized carbons (Fsp3) is 0.600. The standard InChI is InChI=1S/C25H34F3N3O4/c1-6-33-12-13-35-20-10-9-17(25(26,27)28)14-19(20)23(32)29-22-15-21(24(2,3)4)30(5)31(22)16-18-8-7-11-34-18/h9-10,14-15,18H,6-8,11-13,16H2,1-5H3/b29-22+/t18-/m1/s1. The van der Waals surface area contributed by atoms with Gasteiger partial charge in [0.15, 0.2) is 5.49 Å². The molecular formula is C25H34F3N3O4. The van der Waals surface area contributed by atoms with Gasteiger partial charge in [0.1, 0.15) is 12.4 Å². The lowest BCUT2D eigenvalue weighted by Crippen LogP contribution is -2.30. The van der Waals surface area contributed by atoms with Crippen molar-refractivity contribution in [2.75, 3.05) is 26.4 Å². The first kappa shape index (κ1) is 27.0. The van der Waals surface area contributed by atoms with Gasteiger partial charge in [-0.2, -0.15) is 18.2 Å². The first-order valence-corrected chi connectivity index (χ1v) is 11.8. The van der Waals surface area contributed by atoms with Crippen LogP contribution in [0.4, 0.5) is 13.2 Å². The molecule has 1 atom stereocenters. The fourth-order valence-corrected chi connectivity index (χ4v) is 4.08. The number of carbonyl (C=O) groups excluding carboxylic acids is 1. The summed E-state index contributed by atoms with van der Waals surface area (Å²) in [5.74, 6) is -0.779. The summed E-state index contributed by atoms with van der Waals surface area (Å²) >= 11 is 0. The van der Waals surface area contributed by atoms with Crippen molar-refractivity contribution in [3.05, 3.63) is 46.6 Å². The summed E-state index contributed by atoms with van der Waals surface area (Å²) in [4.78, 5) is 17.5. The Morgan fingerprint density at radius 2 is 1.94 bits per heavy atom. The zero-order chi connectivity index (χ0) is 25.8. The molecule has 2 aromatic rings. The number of halogens is 3. The van der Waals surface area contributed by atoms with Crippen LogP contribution in [0.25, 0.3) is 0 Å². The van der Waals surface area contributed by atoms with Crippen molar-refractivity contribution < 1.29 is 32.2 Å². The highest BCUT2D eigenvalue weighted by atomic mass is 19.4. The van der Waals surface area contributed by atoms with Gasteiger partial charge in [-0.25, -0.2) is 0 Å². The van der Waals surface area contributed by atoms with E-state index in [1.54, 1.807) is 6.07 Å². The second kappa shape index (κ2) is 11.0. The van der Waals surface area contributed by atoms with Gasteiger partial charge in [0.25, 0.3) is 5.91 Å². The second-order valence-corrected chi connectivity index (χ2v) is 9.55. The van der Waals surface area contributed by atoms with Crippen LogP contribution in [0.2, 0.25) is 0 Å². The Labute approximate surface area is 203 Å². The minimum atomic E-state index is -4.61. The summed E-state index contributed by atoms with van der Waals surface area (Å²) in [6.45, 7) is 9.94. The molecule has 1 aliphatic rings. The van der Waals surface area contributed by atoms with Gasteiger partial charge in [0.2, 0.25) is 0 Å². The molecular weight excluding hydrogens is 463 g/mol. The number of nitrogens with zero attached hydrogens (tertiary/aromatic N) is 3. The normalized spacial score (nSPS) is 17.3. The quantitative estimate of drug-likeness (QED) is 0.505. The molecule has 1 aliphatic heterocycles. The van der Waals surface area contributed by atoms with Crippen molar-refractivity contribution in [3.8, 4) is 5.75 Å². The van der Waals surface area contributed by atoms with Gasteiger partial charge in [-0.15, -0.1) is 0 Å². The van der Waals surface area contributed by atoms with E-state index < -0.39 is 17.6 Å². The number of ether oxygens (including phenoxy) is 3. The van der Waals surface area contributed by atoms with E-state index in [0.717, 1.165) is 36.7 Å². The molecule has 0 saturated carbocycles. The van der Waals surface area contributed by atoms with E-state index in [2.05, 4.69) is 4.99 Å². The predicted molar refractivity (Wildman–Crippen MR) is 124 cm³/mol. The van der Waals surface area contributed by atoms with Gasteiger partial charge in [-0.1, -0.05) is 20.8 Å². The van der Waals surface area contributed by atoms with Crippen molar-refractivity contribution in [3.63, 3.8) is 0 Å². The van der Waals surface area contributed by atoms with Crippen LogP contribution < -0.4 is 10.2 Å². The lowest BCUT2D eigenvalue weighted by molar-refractivity contribution is -0.137. The van der Waals surface area contributed by atoms with E-state index in [9.17, 15) is 18.0 Å². The van der Waals surface area contributed by atoms with Gasteiger partial charge in [-0.05, 0) is 38.0 Å². The van der Waals surface area contributed by atoms with E-state index in [1.807, 2.05) is 44.1 Å². The molecule has 1 fully saturated rings. The van der Waals surface area contributed by atoms with Gasteiger partial charge in [0, 0.05) is 37.4 Å². The van der Waals surface area contributed by atoms with E-state index in [-0.39, 0.29) is 36.0 Å². The number of aromatic nitrogens is 2. The molecule has 0 bridgehead atoms. The molecule has 0 radical (unpaired) electrons. The smallest absolute Gasteiger partial charge is 0.416 e. The van der Waals surface area contributed by atoms with E-state index in [1.165, 1.54) is 0 Å². The number of alkyl halides is 3. The Balaban J connectivity index is 2.05. The van der Waals surface area contributed by atoms with Gasteiger partial charge in [-0.3, -0.25) is 14.2 Å². The molecule has 0 N–H and O–H groups in total. The van der Waals surface area contributed by atoms with Crippen LogP contribution in [0.3, 0.4) is 0 Å². The number of hydrogen-bond donors (Lipinski definition) is 0. The molecule has 1 aromatic heterocycles. The molecule has 3 rings (SSSR count). The molecule has 1 saturated heterocycles. The number of hydrogen-bond acceptors (Lipinski definition) is 4. The average Bonchev–Trinajstić information content (AvgIpc) is 3.39. The van der Waals surface area contributed by atoms with Crippen molar-refractivity contribution in [2.45, 2.75) is 64.8 Å². The summed E-state index contributed by atoms with van der Waals surface area (Å²) in [5, 5.41) is 0. The lowest BCUT2D eigenvalue weighted by atomic mass is 9.92. The summed E-state index contributed by atoms with van der Waals surface area (Å²) in [5.41, 5.74) is -0.145. The highest BCUT2D eigenvalue weighted by Crippen LogP contribution is 2.33. The fourth-order valence-electron chi connectivity index (χ4n) is 4.08. The predicted octanol–water partition coefficient (Wildman–Crippen LogP) is 4.48. The maximum atomic E-state index is 13.4. The van der Waals surface area contributed by atoms with Crippen LogP contribution in [0, 0.1) is 0 Å². The van der Waals surface area contributed by atoms with Crippen LogP contribution in [-0.2, 0) is 34.7 Å². The molecule has 0 aliphatic carbocycles. The Hall–Kier alpha value is -2.59. The first-order valence-electron chi connectivity index (χ1n) is 11.8. The Morgan fingerprint density at radius 1 is 1.20 bits per heavy atom. The van der Waals surface area contributed by atoms with Crippen LogP contribution in [0.1, 0.15) is 62.2 Å². The van der Waals surface area contributed by atoms with Crippen molar-refractivity contribution >= 4 is 5.91 Å². The molecule has 10 heteroatoms. The van der Waals surface area contributed by atoms with Crippen LogP contribution in [0.15, 0.2) is 29.3 Å². The minimum Gasteiger partial charge on any atom is -0.490 e. The van der Waals surface area contributed by atoms with E-state index in [0.29, 0.717) is 25.2 Å². The number of rotatable bonds is 8. The highest BCUT2D eigenvalue weighted by molar-refractivity contribution is 5.97. The Kier molecular flexibility index (Phi) is 8.48. The Bertz CT molecular complexity index is 1090. The third kappa shape index (κ3) is 6.76. The zero-order valence-corrected chi connectivity index (χ0v) is 20.9. The summed E-state index contributed by atoms with van der Waals surface area (Å²) in [6, 6.07) is 4.64. The average molecular weight is 498 g/mol. The number of amides is 1.